The molecule has 0 aromatic rings. The van der Waals surface area contributed by atoms with Gasteiger partial charge in [-0.15, -0.1) is 0 Å². The highest BCUT2D eigenvalue weighted by Crippen LogP contribution is 2.17. The molecule has 0 aliphatic heterocycles. The number of hydrogen-bond donors (Lipinski definition) is 0. The van der Waals surface area contributed by atoms with Crippen molar-refractivity contribution in [3.05, 3.63) is 109 Å². The van der Waals surface area contributed by atoms with Gasteiger partial charge in [0.2, 0.25) is 0 Å². The van der Waals surface area contributed by atoms with Crippen LogP contribution in [0.5, 0.6) is 0 Å². The molecule has 6 heteroatoms. The lowest BCUT2D eigenvalue weighted by molar-refractivity contribution is -0.167. The van der Waals surface area contributed by atoms with E-state index in [2.05, 4.69) is 130 Å². The smallest absolute Gasteiger partial charge is 0.306 e. The second-order valence-electron chi connectivity index (χ2n) is 22.0. The maximum Gasteiger partial charge on any atom is 0.306 e. The van der Waals surface area contributed by atoms with Gasteiger partial charge in [0.1, 0.15) is 13.2 Å². The Morgan fingerprint density at radius 1 is 0.266 bits per heavy atom. The average molecular weight is 1100 g/mol. The zero-order valence-corrected chi connectivity index (χ0v) is 51.9. The largest absolute Gasteiger partial charge is 0.462 e. The van der Waals surface area contributed by atoms with Gasteiger partial charge in [0.25, 0.3) is 0 Å². The Bertz CT molecular complexity index is 1590. The van der Waals surface area contributed by atoms with E-state index in [1.54, 1.807) is 0 Å². The van der Waals surface area contributed by atoms with Crippen LogP contribution in [0.15, 0.2) is 109 Å². The van der Waals surface area contributed by atoms with Crippen LogP contribution < -0.4 is 0 Å². The maximum absolute atomic E-state index is 12.8. The first-order valence-corrected chi connectivity index (χ1v) is 33.4. The van der Waals surface area contributed by atoms with Gasteiger partial charge in [-0.2, -0.15) is 0 Å². The molecule has 1 unspecified atom stereocenters. The number of carbonyl (C=O) groups excluding carboxylic acids is 3. The zero-order valence-electron chi connectivity index (χ0n) is 51.9. The summed E-state index contributed by atoms with van der Waals surface area (Å²) in [5.41, 5.74) is 0. The lowest BCUT2D eigenvalue weighted by atomic mass is 10.0. The Kier molecular flexibility index (Phi) is 63.3. The molecule has 1 atom stereocenters. The zero-order chi connectivity index (χ0) is 57.1. The number of hydrogen-bond acceptors (Lipinski definition) is 6. The van der Waals surface area contributed by atoms with E-state index < -0.39 is 6.10 Å². The molecule has 0 aromatic heterocycles. The molecule has 0 aromatic carbocycles. The molecule has 79 heavy (non-hydrogen) atoms. The van der Waals surface area contributed by atoms with E-state index >= 15 is 0 Å². The number of allylic oxidation sites excluding steroid dienone is 18. The van der Waals surface area contributed by atoms with Crippen LogP contribution >= 0.6 is 0 Å². The summed E-state index contributed by atoms with van der Waals surface area (Å²) in [4.78, 5) is 38.0. The summed E-state index contributed by atoms with van der Waals surface area (Å²) in [6.45, 7) is 6.34. The standard InChI is InChI=1S/C73H124O6/c1-4-7-10-13-15-17-19-21-23-25-27-29-31-32-33-34-35-36-37-38-39-40-42-43-45-47-49-51-53-55-57-60-63-66-72(75)78-69-70(68-77-71(74)65-62-59-12-9-6-3)79-73(76)67-64-61-58-56-54-52-50-48-46-44-41-30-28-26-24-22-20-18-16-14-11-8-5-2/h7-8,10-11,15-18,21-24,27-30,44,46,70H,4-6,9,12-14,19-20,25-26,31-43,45,47-69H2,1-3H3/b10-7-,11-8-,17-15-,18-16-,23-21-,24-22-,29-27-,30-28-,46-44-. The van der Waals surface area contributed by atoms with Gasteiger partial charge in [-0.05, 0) is 103 Å². The first kappa shape index (κ1) is 75.1. The molecule has 0 N–H and O–H groups in total. The highest BCUT2D eigenvalue weighted by molar-refractivity contribution is 5.71. The highest BCUT2D eigenvalue weighted by Gasteiger charge is 2.19. The second kappa shape index (κ2) is 66.6. The van der Waals surface area contributed by atoms with Crippen LogP contribution in [0.2, 0.25) is 0 Å². The fourth-order valence-corrected chi connectivity index (χ4v) is 9.35. The van der Waals surface area contributed by atoms with E-state index in [9.17, 15) is 14.4 Å². The lowest BCUT2D eigenvalue weighted by Crippen LogP contribution is -2.30. The summed E-state index contributed by atoms with van der Waals surface area (Å²) in [5, 5.41) is 0. The van der Waals surface area contributed by atoms with Crippen molar-refractivity contribution in [2.75, 3.05) is 13.2 Å². The van der Waals surface area contributed by atoms with Crippen LogP contribution in [0.1, 0.15) is 316 Å². The van der Waals surface area contributed by atoms with Gasteiger partial charge in [-0.3, -0.25) is 14.4 Å². The molecule has 0 spiro atoms. The predicted octanol–water partition coefficient (Wildman–Crippen LogP) is 23.0. The molecule has 0 saturated carbocycles. The van der Waals surface area contributed by atoms with Crippen molar-refractivity contribution in [2.45, 2.75) is 322 Å². The van der Waals surface area contributed by atoms with E-state index in [4.69, 9.17) is 14.2 Å². The SMILES string of the molecule is CC/C=C\C/C=C\C/C=C\C/C=C\C/C=C\CCCCCCCCCC(=O)OC(COC(=O)CCCCCCC)COC(=O)CCCCCCCCCCCCCCCCCCCCCC/C=C\C/C=C\C/C=C\C/C=C\CC. The Morgan fingerprint density at radius 3 is 0.772 bits per heavy atom. The van der Waals surface area contributed by atoms with Crippen molar-refractivity contribution in [3.63, 3.8) is 0 Å². The van der Waals surface area contributed by atoms with Crippen molar-refractivity contribution < 1.29 is 28.6 Å². The molecule has 0 heterocycles. The number of carbonyl (C=O) groups is 3. The third kappa shape index (κ3) is 64.8. The molecule has 6 nitrogen and oxygen atoms in total. The van der Waals surface area contributed by atoms with E-state index in [-0.39, 0.29) is 31.1 Å². The van der Waals surface area contributed by atoms with E-state index in [0.29, 0.717) is 19.3 Å². The summed E-state index contributed by atoms with van der Waals surface area (Å²) in [7, 11) is 0. The van der Waals surface area contributed by atoms with Crippen LogP contribution in [-0.4, -0.2) is 37.2 Å². The normalized spacial score (nSPS) is 12.8. The minimum absolute atomic E-state index is 0.0801. The van der Waals surface area contributed by atoms with Crippen LogP contribution in [0, 0.1) is 0 Å². The quantitative estimate of drug-likeness (QED) is 0.0261. The van der Waals surface area contributed by atoms with Gasteiger partial charge in [0.05, 0.1) is 0 Å². The maximum atomic E-state index is 12.8. The summed E-state index contributed by atoms with van der Waals surface area (Å²) in [6, 6.07) is 0. The van der Waals surface area contributed by atoms with Crippen LogP contribution in [-0.2, 0) is 28.6 Å². The molecule has 0 rings (SSSR count). The molecule has 0 aliphatic carbocycles. The Morgan fingerprint density at radius 2 is 0.494 bits per heavy atom. The number of unbranched alkanes of at least 4 members (excludes halogenated alkanes) is 31. The molecular weight excluding hydrogens is 973 g/mol. The Labute approximate surface area is 489 Å². The summed E-state index contributed by atoms with van der Waals surface area (Å²) in [5.74, 6) is -0.896. The van der Waals surface area contributed by atoms with Crippen molar-refractivity contribution in [1.82, 2.24) is 0 Å². The molecule has 452 valence electrons. The van der Waals surface area contributed by atoms with E-state index in [0.717, 1.165) is 128 Å². The predicted molar refractivity (Wildman–Crippen MR) is 343 cm³/mol. The summed E-state index contributed by atoms with van der Waals surface area (Å²) >= 11 is 0. The van der Waals surface area contributed by atoms with Crippen molar-refractivity contribution >= 4 is 17.9 Å². The van der Waals surface area contributed by atoms with Crippen LogP contribution in [0.3, 0.4) is 0 Å². The minimum atomic E-state index is -0.780. The molecule has 0 amide bonds. The molecular formula is C73H124O6. The van der Waals surface area contributed by atoms with Crippen molar-refractivity contribution in [1.29, 1.82) is 0 Å². The topological polar surface area (TPSA) is 78.9 Å². The third-order valence-corrected chi connectivity index (χ3v) is 14.3. The lowest BCUT2D eigenvalue weighted by Gasteiger charge is -2.18. The van der Waals surface area contributed by atoms with Crippen LogP contribution in [0.4, 0.5) is 0 Å². The summed E-state index contributed by atoms with van der Waals surface area (Å²) < 4.78 is 16.8. The molecule has 0 radical (unpaired) electrons. The van der Waals surface area contributed by atoms with Gasteiger partial charge in [-0.1, -0.05) is 304 Å². The first-order valence-electron chi connectivity index (χ1n) is 33.4. The third-order valence-electron chi connectivity index (χ3n) is 14.3. The fourth-order valence-electron chi connectivity index (χ4n) is 9.35. The van der Waals surface area contributed by atoms with Gasteiger partial charge in [0, 0.05) is 19.3 Å². The van der Waals surface area contributed by atoms with Gasteiger partial charge in [-0.25, -0.2) is 0 Å². The minimum Gasteiger partial charge on any atom is -0.462 e. The molecule has 0 saturated heterocycles. The van der Waals surface area contributed by atoms with E-state index in [1.165, 1.54) is 148 Å². The molecule has 0 aliphatic rings. The van der Waals surface area contributed by atoms with Crippen molar-refractivity contribution in [3.8, 4) is 0 Å². The monoisotopic (exact) mass is 1100 g/mol. The number of rotatable bonds is 60. The highest BCUT2D eigenvalue weighted by atomic mass is 16.6. The fraction of sp³-hybridized carbons (Fsp3) is 0.712. The van der Waals surface area contributed by atoms with Gasteiger partial charge >= 0.3 is 17.9 Å². The Balaban J connectivity index is 3.98. The number of ether oxygens (including phenoxy) is 3. The van der Waals surface area contributed by atoms with E-state index in [1.807, 2.05) is 0 Å². The second-order valence-corrected chi connectivity index (χ2v) is 22.0. The molecule has 0 fully saturated rings. The van der Waals surface area contributed by atoms with Gasteiger partial charge in [0.15, 0.2) is 6.10 Å². The first-order chi connectivity index (χ1) is 39.0. The average Bonchev–Trinajstić information content (AvgIpc) is 3.45. The number of esters is 3. The Hall–Kier alpha value is -3.93. The van der Waals surface area contributed by atoms with Gasteiger partial charge < -0.3 is 14.2 Å². The van der Waals surface area contributed by atoms with Crippen molar-refractivity contribution in [2.24, 2.45) is 0 Å². The summed E-state index contributed by atoms with van der Waals surface area (Å²) in [6.07, 6.45) is 91.6. The molecule has 0 bridgehead atoms. The van der Waals surface area contributed by atoms with Crippen LogP contribution in [0.25, 0.3) is 0 Å².